The Balaban J connectivity index is 1.67. The summed E-state index contributed by atoms with van der Waals surface area (Å²) in [5.74, 6) is -0.229. The number of aliphatic hydroxyl groups excluding tert-OH is 1. The van der Waals surface area contributed by atoms with E-state index in [-0.39, 0.29) is 22.9 Å². The number of amides is 1. The highest BCUT2D eigenvalue weighted by molar-refractivity contribution is 7.92. The van der Waals surface area contributed by atoms with Crippen LogP contribution in [0.15, 0.2) is 53.4 Å². The summed E-state index contributed by atoms with van der Waals surface area (Å²) in [6.45, 7) is 1.83. The van der Waals surface area contributed by atoms with Crippen LogP contribution in [0.3, 0.4) is 0 Å². The minimum atomic E-state index is -3.72. The number of carbonyl (C=O) groups is 1. The van der Waals surface area contributed by atoms with Gasteiger partial charge in [0.15, 0.2) is 0 Å². The van der Waals surface area contributed by atoms with Crippen LogP contribution in [0.4, 0.5) is 5.69 Å². The van der Waals surface area contributed by atoms with Gasteiger partial charge in [-0.25, -0.2) is 8.42 Å². The molecule has 0 heterocycles. The number of anilines is 1. The van der Waals surface area contributed by atoms with Gasteiger partial charge in [0.05, 0.1) is 16.7 Å². The van der Waals surface area contributed by atoms with E-state index in [2.05, 4.69) is 10.0 Å². The van der Waals surface area contributed by atoms with Crippen molar-refractivity contribution in [3.05, 3.63) is 59.7 Å². The minimum absolute atomic E-state index is 0.0482. The zero-order chi connectivity index (χ0) is 19.4. The van der Waals surface area contributed by atoms with E-state index < -0.39 is 10.0 Å². The summed E-state index contributed by atoms with van der Waals surface area (Å²) >= 11 is 0. The monoisotopic (exact) mass is 388 g/mol. The Morgan fingerprint density at radius 1 is 1.00 bits per heavy atom. The minimum Gasteiger partial charge on any atom is -0.393 e. The Morgan fingerprint density at radius 3 is 2.26 bits per heavy atom. The second kappa shape index (κ2) is 8.10. The zero-order valence-electron chi connectivity index (χ0n) is 15.2. The van der Waals surface area contributed by atoms with E-state index in [0.717, 1.165) is 18.4 Å². The molecule has 6 nitrogen and oxygen atoms in total. The maximum Gasteiger partial charge on any atom is 0.261 e. The molecule has 1 fully saturated rings. The first-order valence-corrected chi connectivity index (χ1v) is 10.5. The van der Waals surface area contributed by atoms with Gasteiger partial charge in [0.25, 0.3) is 15.9 Å². The van der Waals surface area contributed by atoms with Gasteiger partial charge in [0.2, 0.25) is 0 Å². The second-order valence-corrected chi connectivity index (χ2v) is 8.61. The fraction of sp³-hybridized carbons (Fsp3) is 0.350. The topological polar surface area (TPSA) is 95.5 Å². The smallest absolute Gasteiger partial charge is 0.261 e. The SMILES string of the molecule is Cc1ccccc1NS(=O)(=O)c1ccc(C(=O)NC2CCC(O)CC2)cc1. The molecule has 0 aliphatic heterocycles. The molecule has 1 amide bonds. The second-order valence-electron chi connectivity index (χ2n) is 6.92. The average molecular weight is 388 g/mol. The van der Waals surface area contributed by atoms with Crippen LogP contribution in [-0.4, -0.2) is 31.6 Å². The highest BCUT2D eigenvalue weighted by Gasteiger charge is 2.22. The maximum absolute atomic E-state index is 12.5. The number of aryl methyl sites for hydroxylation is 1. The lowest BCUT2D eigenvalue weighted by Crippen LogP contribution is -2.38. The summed E-state index contributed by atoms with van der Waals surface area (Å²) in [7, 11) is -3.72. The first-order chi connectivity index (χ1) is 12.8. The van der Waals surface area contributed by atoms with Crippen LogP contribution in [0.25, 0.3) is 0 Å². The molecule has 0 atom stereocenters. The predicted molar refractivity (Wildman–Crippen MR) is 104 cm³/mol. The van der Waals surface area contributed by atoms with Gasteiger partial charge < -0.3 is 10.4 Å². The molecule has 27 heavy (non-hydrogen) atoms. The van der Waals surface area contributed by atoms with E-state index in [9.17, 15) is 18.3 Å². The number of para-hydroxylation sites is 1. The van der Waals surface area contributed by atoms with Gasteiger partial charge in [0.1, 0.15) is 0 Å². The number of sulfonamides is 1. The molecule has 1 aliphatic carbocycles. The summed E-state index contributed by atoms with van der Waals surface area (Å²) in [5, 5.41) is 12.5. The molecule has 144 valence electrons. The van der Waals surface area contributed by atoms with Crippen molar-refractivity contribution < 1.29 is 18.3 Å². The molecule has 2 aromatic rings. The summed E-state index contributed by atoms with van der Waals surface area (Å²) in [4.78, 5) is 12.5. The standard InChI is InChI=1S/C20H24N2O4S/c1-14-4-2-3-5-19(14)22-27(25,26)18-12-6-15(7-13-18)20(24)21-16-8-10-17(23)11-9-16/h2-7,12-13,16-17,22-23H,8-11H2,1H3,(H,21,24). The molecular formula is C20H24N2O4S. The van der Waals surface area contributed by atoms with E-state index in [0.29, 0.717) is 24.1 Å². The van der Waals surface area contributed by atoms with Crippen molar-refractivity contribution >= 4 is 21.6 Å². The van der Waals surface area contributed by atoms with Crippen molar-refractivity contribution in [3.63, 3.8) is 0 Å². The van der Waals surface area contributed by atoms with E-state index in [1.165, 1.54) is 24.3 Å². The Hall–Kier alpha value is -2.38. The normalized spacial score (nSPS) is 20.1. The molecule has 0 spiro atoms. The molecule has 0 aromatic heterocycles. The van der Waals surface area contributed by atoms with E-state index in [1.54, 1.807) is 12.1 Å². The zero-order valence-corrected chi connectivity index (χ0v) is 16.0. The van der Waals surface area contributed by atoms with Crippen molar-refractivity contribution in [2.24, 2.45) is 0 Å². The van der Waals surface area contributed by atoms with Gasteiger partial charge in [-0.1, -0.05) is 18.2 Å². The third kappa shape index (κ3) is 4.87. The fourth-order valence-corrected chi connectivity index (χ4v) is 4.30. The lowest BCUT2D eigenvalue weighted by molar-refractivity contribution is 0.0867. The number of aliphatic hydroxyl groups is 1. The van der Waals surface area contributed by atoms with Crippen molar-refractivity contribution in [1.29, 1.82) is 0 Å². The first kappa shape index (κ1) is 19.4. The molecular weight excluding hydrogens is 364 g/mol. The molecule has 0 radical (unpaired) electrons. The lowest BCUT2D eigenvalue weighted by atomic mass is 9.93. The third-order valence-electron chi connectivity index (χ3n) is 4.85. The number of nitrogens with one attached hydrogen (secondary N) is 2. The van der Waals surface area contributed by atoms with Crippen LogP contribution >= 0.6 is 0 Å². The summed E-state index contributed by atoms with van der Waals surface area (Å²) in [6, 6.07) is 13.1. The Morgan fingerprint density at radius 2 is 1.63 bits per heavy atom. The molecule has 3 N–H and O–H groups in total. The molecule has 0 saturated heterocycles. The van der Waals surface area contributed by atoms with Crippen LogP contribution in [0.5, 0.6) is 0 Å². The summed E-state index contributed by atoms with van der Waals surface area (Å²) in [5.41, 5.74) is 1.77. The van der Waals surface area contributed by atoms with Crippen LogP contribution in [0.1, 0.15) is 41.6 Å². The van der Waals surface area contributed by atoms with Crippen molar-refractivity contribution in [2.75, 3.05) is 4.72 Å². The summed E-state index contributed by atoms with van der Waals surface area (Å²) in [6.07, 6.45) is 2.60. The van der Waals surface area contributed by atoms with E-state index >= 15 is 0 Å². The van der Waals surface area contributed by atoms with Gasteiger partial charge in [-0.05, 0) is 68.5 Å². The molecule has 0 unspecified atom stereocenters. The number of carbonyl (C=O) groups excluding carboxylic acids is 1. The van der Waals surface area contributed by atoms with Crippen LogP contribution in [0, 0.1) is 6.92 Å². The molecule has 1 aliphatic rings. The molecule has 2 aromatic carbocycles. The van der Waals surface area contributed by atoms with E-state index in [4.69, 9.17) is 0 Å². The highest BCUT2D eigenvalue weighted by atomic mass is 32.2. The average Bonchev–Trinajstić information content (AvgIpc) is 2.65. The van der Waals surface area contributed by atoms with Crippen molar-refractivity contribution in [1.82, 2.24) is 5.32 Å². The van der Waals surface area contributed by atoms with Crippen LogP contribution < -0.4 is 10.0 Å². The largest absolute Gasteiger partial charge is 0.393 e. The van der Waals surface area contributed by atoms with Gasteiger partial charge in [0, 0.05) is 11.6 Å². The molecule has 0 bridgehead atoms. The Kier molecular flexibility index (Phi) is 5.82. The lowest BCUT2D eigenvalue weighted by Gasteiger charge is -2.26. The third-order valence-corrected chi connectivity index (χ3v) is 6.23. The predicted octanol–water partition coefficient (Wildman–Crippen LogP) is 2.83. The van der Waals surface area contributed by atoms with Gasteiger partial charge >= 0.3 is 0 Å². The molecule has 3 rings (SSSR count). The number of benzene rings is 2. The number of hydrogen-bond acceptors (Lipinski definition) is 4. The van der Waals surface area contributed by atoms with Crippen LogP contribution in [-0.2, 0) is 10.0 Å². The Bertz CT molecular complexity index is 902. The van der Waals surface area contributed by atoms with Crippen molar-refractivity contribution in [2.45, 2.75) is 49.6 Å². The highest BCUT2D eigenvalue weighted by Crippen LogP contribution is 2.21. The molecule has 1 saturated carbocycles. The fourth-order valence-electron chi connectivity index (χ4n) is 3.17. The quantitative estimate of drug-likeness (QED) is 0.734. The van der Waals surface area contributed by atoms with E-state index in [1.807, 2.05) is 19.1 Å². The van der Waals surface area contributed by atoms with Crippen molar-refractivity contribution in [3.8, 4) is 0 Å². The summed E-state index contributed by atoms with van der Waals surface area (Å²) < 4.78 is 27.7. The number of hydrogen-bond donors (Lipinski definition) is 3. The Labute approximate surface area is 159 Å². The maximum atomic E-state index is 12.5. The van der Waals surface area contributed by atoms with Gasteiger partial charge in [-0.3, -0.25) is 9.52 Å². The number of rotatable bonds is 5. The van der Waals surface area contributed by atoms with Gasteiger partial charge in [-0.2, -0.15) is 0 Å². The van der Waals surface area contributed by atoms with Gasteiger partial charge in [-0.15, -0.1) is 0 Å². The van der Waals surface area contributed by atoms with Crippen LogP contribution in [0.2, 0.25) is 0 Å². The molecule has 7 heteroatoms. The first-order valence-electron chi connectivity index (χ1n) is 9.02.